The van der Waals surface area contributed by atoms with E-state index in [1.807, 2.05) is 0 Å². The van der Waals surface area contributed by atoms with Gasteiger partial charge in [-0.1, -0.05) is 29.8 Å². The number of nitrogens with one attached hydrogen (secondary N) is 1. The summed E-state index contributed by atoms with van der Waals surface area (Å²) in [6, 6.07) is 9.13. The van der Waals surface area contributed by atoms with Crippen molar-refractivity contribution in [2.24, 2.45) is 4.99 Å². The Kier molecular flexibility index (Phi) is 7.53. The number of guanidine groups is 1. The molecule has 0 saturated carbocycles. The molecule has 1 atom stereocenters. The molecule has 0 bridgehead atoms. The second-order valence-electron chi connectivity index (χ2n) is 6.53. The summed E-state index contributed by atoms with van der Waals surface area (Å²) in [4.78, 5) is 9.50. The molecule has 0 radical (unpaired) electrons. The summed E-state index contributed by atoms with van der Waals surface area (Å²) in [7, 11) is 2.10. The first-order valence-electron chi connectivity index (χ1n) is 8.97. The lowest BCUT2D eigenvalue weighted by Crippen LogP contribution is -2.44. The topological polar surface area (TPSA) is 40.1 Å². The van der Waals surface area contributed by atoms with Crippen LogP contribution in [-0.2, 0) is 11.3 Å². The Morgan fingerprint density at radius 3 is 2.58 bits per heavy atom. The molecule has 1 aliphatic rings. The monoisotopic (exact) mass is 332 g/mol. The molecule has 1 aliphatic heterocycles. The van der Waals surface area contributed by atoms with Crippen LogP contribution >= 0.6 is 0 Å². The first-order chi connectivity index (χ1) is 11.6. The van der Waals surface area contributed by atoms with E-state index in [2.05, 4.69) is 67.2 Å². The Balaban J connectivity index is 1.94. The SMILES string of the molecule is CCNC(=NCC(C)N1CCOCC1)N(C)Cc1ccc(C)cc1. The van der Waals surface area contributed by atoms with Crippen molar-refractivity contribution in [2.45, 2.75) is 33.4 Å². The smallest absolute Gasteiger partial charge is 0.194 e. The van der Waals surface area contributed by atoms with Crippen molar-refractivity contribution < 1.29 is 4.74 Å². The van der Waals surface area contributed by atoms with Gasteiger partial charge in [0, 0.05) is 39.3 Å². The second kappa shape index (κ2) is 9.64. The summed E-state index contributed by atoms with van der Waals surface area (Å²) in [5.74, 6) is 0.971. The molecular weight excluding hydrogens is 300 g/mol. The predicted octanol–water partition coefficient (Wildman–Crippen LogP) is 2.11. The fourth-order valence-corrected chi connectivity index (χ4v) is 2.86. The number of benzene rings is 1. The number of aliphatic imine (C=N–C) groups is 1. The third kappa shape index (κ3) is 5.80. The van der Waals surface area contributed by atoms with Crippen LogP contribution in [0.1, 0.15) is 25.0 Å². The van der Waals surface area contributed by atoms with E-state index in [4.69, 9.17) is 9.73 Å². The van der Waals surface area contributed by atoms with Gasteiger partial charge in [-0.3, -0.25) is 9.89 Å². The van der Waals surface area contributed by atoms with Gasteiger partial charge in [0.2, 0.25) is 0 Å². The molecule has 1 heterocycles. The number of hydrogen-bond donors (Lipinski definition) is 1. The minimum Gasteiger partial charge on any atom is -0.379 e. The molecule has 1 saturated heterocycles. The standard InChI is InChI=1S/C19H32N4O/c1-5-20-19(21-14-17(3)23-10-12-24-13-11-23)22(4)15-18-8-6-16(2)7-9-18/h6-9,17H,5,10-15H2,1-4H3,(H,20,21). The van der Waals surface area contributed by atoms with E-state index in [-0.39, 0.29) is 0 Å². The minimum atomic E-state index is 0.440. The van der Waals surface area contributed by atoms with Crippen molar-refractivity contribution >= 4 is 5.96 Å². The Bertz CT molecular complexity index is 509. The fourth-order valence-electron chi connectivity index (χ4n) is 2.86. The van der Waals surface area contributed by atoms with Gasteiger partial charge in [0.1, 0.15) is 0 Å². The molecule has 2 rings (SSSR count). The van der Waals surface area contributed by atoms with Gasteiger partial charge < -0.3 is 15.0 Å². The van der Waals surface area contributed by atoms with E-state index in [9.17, 15) is 0 Å². The lowest BCUT2D eigenvalue weighted by molar-refractivity contribution is 0.0220. The molecule has 1 aromatic rings. The quantitative estimate of drug-likeness (QED) is 0.640. The number of morpholine rings is 1. The molecule has 1 aromatic carbocycles. The molecule has 5 nitrogen and oxygen atoms in total. The van der Waals surface area contributed by atoms with Gasteiger partial charge in [0.05, 0.1) is 19.8 Å². The highest BCUT2D eigenvalue weighted by molar-refractivity contribution is 5.79. The number of hydrogen-bond acceptors (Lipinski definition) is 3. The molecule has 0 spiro atoms. The Hall–Kier alpha value is -1.59. The highest BCUT2D eigenvalue weighted by Gasteiger charge is 2.17. The molecule has 5 heteroatoms. The first-order valence-corrected chi connectivity index (χ1v) is 8.97. The Morgan fingerprint density at radius 1 is 1.29 bits per heavy atom. The molecule has 0 aliphatic carbocycles. The van der Waals surface area contributed by atoms with Crippen LogP contribution in [-0.4, -0.2) is 68.2 Å². The molecule has 0 amide bonds. The van der Waals surface area contributed by atoms with Crippen molar-refractivity contribution in [1.29, 1.82) is 0 Å². The van der Waals surface area contributed by atoms with Crippen molar-refractivity contribution in [2.75, 3.05) is 46.4 Å². The third-order valence-electron chi connectivity index (χ3n) is 4.41. The van der Waals surface area contributed by atoms with Crippen molar-refractivity contribution in [3.8, 4) is 0 Å². The second-order valence-corrected chi connectivity index (χ2v) is 6.53. The Labute approximate surface area is 146 Å². The normalized spacial score (nSPS) is 17.6. The van der Waals surface area contributed by atoms with E-state index >= 15 is 0 Å². The zero-order valence-corrected chi connectivity index (χ0v) is 15.6. The van der Waals surface area contributed by atoms with Gasteiger partial charge in [0.25, 0.3) is 0 Å². The van der Waals surface area contributed by atoms with Crippen LogP contribution in [0.2, 0.25) is 0 Å². The highest BCUT2D eigenvalue weighted by Crippen LogP contribution is 2.07. The summed E-state index contributed by atoms with van der Waals surface area (Å²) in [6.45, 7) is 12.7. The first kappa shape index (κ1) is 18.7. The van der Waals surface area contributed by atoms with Crippen LogP contribution < -0.4 is 5.32 Å². The maximum Gasteiger partial charge on any atom is 0.194 e. The van der Waals surface area contributed by atoms with Crippen LogP contribution in [0.25, 0.3) is 0 Å². The summed E-state index contributed by atoms with van der Waals surface area (Å²) < 4.78 is 5.43. The number of ether oxygens (including phenoxy) is 1. The van der Waals surface area contributed by atoms with Crippen LogP contribution in [0.4, 0.5) is 0 Å². The molecule has 24 heavy (non-hydrogen) atoms. The lowest BCUT2D eigenvalue weighted by atomic mass is 10.1. The molecule has 0 aromatic heterocycles. The number of rotatable bonds is 6. The number of aryl methyl sites for hydroxylation is 1. The van der Waals surface area contributed by atoms with Crippen LogP contribution in [0.3, 0.4) is 0 Å². The summed E-state index contributed by atoms with van der Waals surface area (Å²) in [6.07, 6.45) is 0. The van der Waals surface area contributed by atoms with Crippen LogP contribution in [0.5, 0.6) is 0 Å². The van der Waals surface area contributed by atoms with Gasteiger partial charge in [-0.15, -0.1) is 0 Å². The van der Waals surface area contributed by atoms with Gasteiger partial charge in [0.15, 0.2) is 5.96 Å². The summed E-state index contributed by atoms with van der Waals surface area (Å²) >= 11 is 0. The van der Waals surface area contributed by atoms with E-state index in [0.29, 0.717) is 6.04 Å². The largest absolute Gasteiger partial charge is 0.379 e. The zero-order valence-electron chi connectivity index (χ0n) is 15.6. The molecule has 1 N–H and O–H groups in total. The average Bonchev–Trinajstić information content (AvgIpc) is 2.61. The molecular formula is C19H32N4O. The predicted molar refractivity (Wildman–Crippen MR) is 100 cm³/mol. The zero-order chi connectivity index (χ0) is 17.4. The highest BCUT2D eigenvalue weighted by atomic mass is 16.5. The summed E-state index contributed by atoms with van der Waals surface area (Å²) in [5.41, 5.74) is 2.59. The van der Waals surface area contributed by atoms with E-state index in [1.54, 1.807) is 0 Å². The molecule has 1 fully saturated rings. The van der Waals surface area contributed by atoms with Crippen LogP contribution in [0, 0.1) is 6.92 Å². The maximum absolute atomic E-state index is 5.43. The Morgan fingerprint density at radius 2 is 1.96 bits per heavy atom. The maximum atomic E-state index is 5.43. The van der Waals surface area contributed by atoms with Crippen molar-refractivity contribution in [3.63, 3.8) is 0 Å². The van der Waals surface area contributed by atoms with E-state index in [0.717, 1.165) is 51.9 Å². The molecule has 1 unspecified atom stereocenters. The van der Waals surface area contributed by atoms with Crippen LogP contribution in [0.15, 0.2) is 29.3 Å². The van der Waals surface area contributed by atoms with Crippen molar-refractivity contribution in [1.82, 2.24) is 15.1 Å². The summed E-state index contributed by atoms with van der Waals surface area (Å²) in [5, 5.41) is 3.41. The molecule has 134 valence electrons. The average molecular weight is 332 g/mol. The minimum absolute atomic E-state index is 0.440. The van der Waals surface area contributed by atoms with Gasteiger partial charge in [-0.2, -0.15) is 0 Å². The third-order valence-corrected chi connectivity index (χ3v) is 4.41. The fraction of sp³-hybridized carbons (Fsp3) is 0.632. The van der Waals surface area contributed by atoms with Gasteiger partial charge >= 0.3 is 0 Å². The van der Waals surface area contributed by atoms with E-state index in [1.165, 1.54) is 11.1 Å². The van der Waals surface area contributed by atoms with E-state index < -0.39 is 0 Å². The number of nitrogens with zero attached hydrogens (tertiary/aromatic N) is 3. The lowest BCUT2D eigenvalue weighted by Gasteiger charge is -2.32. The van der Waals surface area contributed by atoms with Gasteiger partial charge in [-0.25, -0.2) is 0 Å². The van der Waals surface area contributed by atoms with Crippen molar-refractivity contribution in [3.05, 3.63) is 35.4 Å². The van der Waals surface area contributed by atoms with Gasteiger partial charge in [-0.05, 0) is 26.3 Å².